The van der Waals surface area contributed by atoms with E-state index >= 15 is 0 Å². The Morgan fingerprint density at radius 1 is 1.64 bits per heavy atom. The van der Waals surface area contributed by atoms with Gasteiger partial charge >= 0.3 is 0 Å². The Balaban J connectivity index is 2.53. The van der Waals surface area contributed by atoms with E-state index in [9.17, 15) is 0 Å². The van der Waals surface area contributed by atoms with Gasteiger partial charge in [0.1, 0.15) is 5.03 Å². The summed E-state index contributed by atoms with van der Waals surface area (Å²) in [7, 11) is 0. The zero-order valence-electron chi connectivity index (χ0n) is 8.10. The van der Waals surface area contributed by atoms with Crippen LogP contribution in [0.3, 0.4) is 0 Å². The molecule has 0 spiro atoms. The van der Waals surface area contributed by atoms with E-state index in [2.05, 4.69) is 16.9 Å². The van der Waals surface area contributed by atoms with Crippen molar-refractivity contribution in [3.8, 4) is 0 Å². The molecule has 0 aliphatic carbocycles. The van der Waals surface area contributed by atoms with Crippen LogP contribution in [0.25, 0.3) is 0 Å². The average molecular weight is 210 g/mol. The van der Waals surface area contributed by atoms with Gasteiger partial charge in [-0.3, -0.25) is 10.4 Å². The number of hydrogen-bond donors (Lipinski definition) is 2. The molecular formula is C9H14N4S. The summed E-state index contributed by atoms with van der Waals surface area (Å²) in [6.07, 6.45) is 6.63. The molecule has 1 atom stereocenters. The standard InChI is InChI=1S/C9H14N4S/c1-2-7(5-8(10)11)14-9-6-12-3-4-13-9/h3-4,6-7H,2,5H2,1H3,(H3,10,11). The molecule has 0 bridgehead atoms. The van der Waals surface area contributed by atoms with Crippen molar-refractivity contribution >= 4 is 17.6 Å². The van der Waals surface area contributed by atoms with Gasteiger partial charge < -0.3 is 5.73 Å². The summed E-state index contributed by atoms with van der Waals surface area (Å²) < 4.78 is 0. The molecule has 1 unspecified atom stereocenters. The van der Waals surface area contributed by atoms with Crippen LogP contribution in [0.2, 0.25) is 0 Å². The predicted molar refractivity (Wildman–Crippen MR) is 58.5 cm³/mol. The fourth-order valence-corrected chi connectivity index (χ4v) is 2.05. The van der Waals surface area contributed by atoms with Gasteiger partial charge in [0.05, 0.1) is 12.0 Å². The van der Waals surface area contributed by atoms with Gasteiger partial charge in [-0.05, 0) is 6.42 Å². The SMILES string of the molecule is CCC(CC(=N)N)Sc1cnccn1. The van der Waals surface area contributed by atoms with Crippen molar-refractivity contribution in [2.24, 2.45) is 5.73 Å². The zero-order valence-corrected chi connectivity index (χ0v) is 8.92. The Hall–Kier alpha value is -1.10. The Labute approximate surface area is 87.8 Å². The highest BCUT2D eigenvalue weighted by Crippen LogP contribution is 2.24. The van der Waals surface area contributed by atoms with E-state index in [-0.39, 0.29) is 5.84 Å². The lowest BCUT2D eigenvalue weighted by Crippen LogP contribution is -2.16. The summed E-state index contributed by atoms with van der Waals surface area (Å²) in [6.45, 7) is 2.08. The maximum Gasteiger partial charge on any atom is 0.115 e. The van der Waals surface area contributed by atoms with Crippen molar-refractivity contribution in [2.75, 3.05) is 0 Å². The number of nitrogens with two attached hydrogens (primary N) is 1. The molecule has 5 heteroatoms. The first-order valence-electron chi connectivity index (χ1n) is 4.48. The van der Waals surface area contributed by atoms with Crippen LogP contribution in [0, 0.1) is 5.41 Å². The first-order valence-corrected chi connectivity index (χ1v) is 5.36. The van der Waals surface area contributed by atoms with Gasteiger partial charge in [-0.1, -0.05) is 6.92 Å². The maximum absolute atomic E-state index is 7.22. The van der Waals surface area contributed by atoms with Gasteiger partial charge in [0.2, 0.25) is 0 Å². The van der Waals surface area contributed by atoms with E-state index < -0.39 is 0 Å². The molecule has 0 radical (unpaired) electrons. The number of nitrogens with zero attached hydrogens (tertiary/aromatic N) is 2. The predicted octanol–water partition coefficient (Wildman–Crippen LogP) is 1.67. The molecule has 0 fully saturated rings. The largest absolute Gasteiger partial charge is 0.388 e. The summed E-state index contributed by atoms with van der Waals surface area (Å²) in [5.41, 5.74) is 5.36. The second kappa shape index (κ2) is 5.59. The third-order valence-electron chi connectivity index (χ3n) is 1.73. The molecule has 1 aromatic heterocycles. The highest BCUT2D eigenvalue weighted by molar-refractivity contribution is 7.99. The minimum Gasteiger partial charge on any atom is -0.388 e. The van der Waals surface area contributed by atoms with Gasteiger partial charge in [0.15, 0.2) is 0 Å². The third kappa shape index (κ3) is 3.74. The Kier molecular flexibility index (Phi) is 4.39. The molecular weight excluding hydrogens is 196 g/mol. The molecule has 0 aliphatic rings. The summed E-state index contributed by atoms with van der Waals surface area (Å²) >= 11 is 1.62. The number of nitrogens with one attached hydrogen (secondary N) is 1. The smallest absolute Gasteiger partial charge is 0.115 e. The van der Waals surface area contributed by atoms with E-state index in [1.54, 1.807) is 30.4 Å². The third-order valence-corrected chi connectivity index (χ3v) is 3.02. The molecule has 0 aliphatic heterocycles. The van der Waals surface area contributed by atoms with Gasteiger partial charge in [-0.15, -0.1) is 11.8 Å². The number of thioether (sulfide) groups is 1. The fraction of sp³-hybridized carbons (Fsp3) is 0.444. The quantitative estimate of drug-likeness (QED) is 0.440. The molecule has 0 saturated heterocycles. The van der Waals surface area contributed by atoms with Crippen LogP contribution in [0.5, 0.6) is 0 Å². The summed E-state index contributed by atoms with van der Waals surface area (Å²) in [5.74, 6) is 0.230. The van der Waals surface area contributed by atoms with Gasteiger partial charge in [-0.2, -0.15) is 0 Å². The molecule has 4 nitrogen and oxygen atoms in total. The average Bonchev–Trinajstić information content (AvgIpc) is 2.17. The van der Waals surface area contributed by atoms with Crippen LogP contribution < -0.4 is 5.73 Å². The Morgan fingerprint density at radius 3 is 2.93 bits per heavy atom. The van der Waals surface area contributed by atoms with Crippen LogP contribution in [0.4, 0.5) is 0 Å². The Bertz CT molecular complexity index is 288. The van der Waals surface area contributed by atoms with E-state index in [1.807, 2.05) is 0 Å². The number of aromatic nitrogens is 2. The molecule has 1 heterocycles. The van der Waals surface area contributed by atoms with Crippen molar-refractivity contribution in [1.82, 2.24) is 9.97 Å². The van der Waals surface area contributed by atoms with E-state index in [0.29, 0.717) is 11.7 Å². The molecule has 3 N–H and O–H groups in total. The van der Waals surface area contributed by atoms with Crippen molar-refractivity contribution in [3.05, 3.63) is 18.6 Å². The molecule has 14 heavy (non-hydrogen) atoms. The first kappa shape index (κ1) is 11.0. The highest BCUT2D eigenvalue weighted by Gasteiger charge is 2.10. The monoisotopic (exact) mass is 210 g/mol. The van der Waals surface area contributed by atoms with Crippen molar-refractivity contribution in [2.45, 2.75) is 30.0 Å². The second-order valence-corrected chi connectivity index (χ2v) is 4.24. The number of rotatable bonds is 5. The molecule has 0 aromatic carbocycles. The van der Waals surface area contributed by atoms with Gasteiger partial charge in [-0.25, -0.2) is 4.98 Å². The van der Waals surface area contributed by atoms with Crippen molar-refractivity contribution in [3.63, 3.8) is 0 Å². The molecule has 1 aromatic rings. The van der Waals surface area contributed by atoms with Gasteiger partial charge in [0.25, 0.3) is 0 Å². The molecule has 76 valence electrons. The van der Waals surface area contributed by atoms with Crippen LogP contribution in [-0.2, 0) is 0 Å². The fourth-order valence-electron chi connectivity index (χ4n) is 1.03. The number of hydrogen-bond acceptors (Lipinski definition) is 4. The summed E-state index contributed by atoms with van der Waals surface area (Å²) in [4.78, 5) is 8.15. The van der Waals surface area contributed by atoms with E-state index in [0.717, 1.165) is 11.4 Å². The molecule has 0 saturated carbocycles. The molecule has 1 rings (SSSR count). The van der Waals surface area contributed by atoms with Crippen LogP contribution in [0.15, 0.2) is 23.6 Å². The van der Waals surface area contributed by atoms with Crippen molar-refractivity contribution < 1.29 is 0 Å². The topological polar surface area (TPSA) is 75.7 Å². The van der Waals surface area contributed by atoms with Crippen molar-refractivity contribution in [1.29, 1.82) is 5.41 Å². The highest BCUT2D eigenvalue weighted by atomic mass is 32.2. The maximum atomic E-state index is 7.22. The van der Waals surface area contributed by atoms with Gasteiger partial charge in [0, 0.05) is 24.1 Å². The normalized spacial score (nSPS) is 12.4. The van der Waals surface area contributed by atoms with Crippen LogP contribution in [0.1, 0.15) is 19.8 Å². The van der Waals surface area contributed by atoms with Crippen LogP contribution in [-0.4, -0.2) is 21.1 Å². The minimum absolute atomic E-state index is 0.230. The lowest BCUT2D eigenvalue weighted by atomic mass is 10.2. The lowest BCUT2D eigenvalue weighted by Gasteiger charge is -2.11. The second-order valence-electron chi connectivity index (χ2n) is 2.92. The van der Waals surface area contributed by atoms with E-state index in [4.69, 9.17) is 11.1 Å². The van der Waals surface area contributed by atoms with Crippen LogP contribution >= 0.6 is 11.8 Å². The lowest BCUT2D eigenvalue weighted by molar-refractivity contribution is 0.844. The van der Waals surface area contributed by atoms with E-state index in [1.165, 1.54) is 0 Å². The summed E-state index contributed by atoms with van der Waals surface area (Å²) in [5, 5.41) is 8.44. The summed E-state index contributed by atoms with van der Waals surface area (Å²) in [6, 6.07) is 0. The first-order chi connectivity index (χ1) is 6.72. The Morgan fingerprint density at radius 2 is 2.43 bits per heavy atom. The number of amidine groups is 1. The minimum atomic E-state index is 0.230. The zero-order chi connectivity index (χ0) is 10.4. The molecule has 0 amide bonds.